The van der Waals surface area contributed by atoms with Crippen LogP contribution in [0.15, 0.2) is 53.8 Å². The van der Waals surface area contributed by atoms with Crippen molar-refractivity contribution in [3.05, 3.63) is 64.9 Å². The Bertz CT molecular complexity index is 959. The van der Waals surface area contributed by atoms with Crippen LogP contribution in [0.2, 0.25) is 0 Å². The zero-order valence-electron chi connectivity index (χ0n) is 16.0. The van der Waals surface area contributed by atoms with E-state index in [0.29, 0.717) is 5.56 Å². The van der Waals surface area contributed by atoms with Crippen molar-refractivity contribution in [3.8, 4) is 11.5 Å². The summed E-state index contributed by atoms with van der Waals surface area (Å²) >= 11 is 0. The summed E-state index contributed by atoms with van der Waals surface area (Å²) in [6, 6.07) is 9.99. The van der Waals surface area contributed by atoms with E-state index in [2.05, 4.69) is 0 Å². The highest BCUT2D eigenvalue weighted by Crippen LogP contribution is 2.44. The topological polar surface area (TPSA) is 98.1 Å². The molecule has 0 fully saturated rings. The zero-order chi connectivity index (χ0) is 20.6. The number of rotatable bonds is 5. The highest BCUT2D eigenvalue weighted by molar-refractivity contribution is 6.17. The van der Waals surface area contributed by atoms with Crippen LogP contribution in [0.3, 0.4) is 0 Å². The molecule has 0 aromatic heterocycles. The Morgan fingerprint density at radius 1 is 1.07 bits per heavy atom. The van der Waals surface area contributed by atoms with Crippen molar-refractivity contribution in [2.75, 3.05) is 4.90 Å². The number of hydrogen-bond donors (Lipinski definition) is 3. The molecule has 1 amide bonds. The molecule has 28 heavy (non-hydrogen) atoms. The third-order valence-electron chi connectivity index (χ3n) is 4.70. The average molecular weight is 381 g/mol. The number of aliphatic hydroxyl groups is 1. The molecule has 6 heteroatoms. The van der Waals surface area contributed by atoms with Gasteiger partial charge < -0.3 is 15.3 Å². The number of benzene rings is 2. The lowest BCUT2D eigenvalue weighted by atomic mass is 9.92. The van der Waals surface area contributed by atoms with Gasteiger partial charge in [-0.2, -0.15) is 0 Å². The number of amides is 1. The molecule has 1 aliphatic rings. The summed E-state index contributed by atoms with van der Waals surface area (Å²) in [5.74, 6) is -1.72. The number of aryl methyl sites for hydroxylation is 1. The van der Waals surface area contributed by atoms with Crippen molar-refractivity contribution >= 4 is 17.4 Å². The number of anilines is 1. The molecule has 0 spiro atoms. The first-order valence-corrected chi connectivity index (χ1v) is 9.09. The van der Waals surface area contributed by atoms with Crippen molar-refractivity contribution in [3.63, 3.8) is 0 Å². The van der Waals surface area contributed by atoms with Crippen molar-refractivity contribution < 1.29 is 24.9 Å². The molecule has 0 saturated heterocycles. The summed E-state index contributed by atoms with van der Waals surface area (Å²) in [6.45, 7) is 5.58. The lowest BCUT2D eigenvalue weighted by Crippen LogP contribution is -2.31. The Labute approximate surface area is 163 Å². The number of phenolic OH excluding ortho intramolecular Hbond substituents is 2. The number of nitrogens with zero attached hydrogens (tertiary/aromatic N) is 1. The van der Waals surface area contributed by atoms with Crippen LogP contribution in [0, 0.1) is 12.8 Å². The number of hydrogen-bond acceptors (Lipinski definition) is 5. The molecule has 0 aliphatic carbocycles. The fraction of sp³-hybridized carbons (Fsp3) is 0.273. The van der Waals surface area contributed by atoms with Crippen LogP contribution in [-0.2, 0) is 9.59 Å². The summed E-state index contributed by atoms with van der Waals surface area (Å²) in [5, 5.41) is 30.5. The van der Waals surface area contributed by atoms with Gasteiger partial charge in [-0.1, -0.05) is 32.0 Å². The van der Waals surface area contributed by atoms with Crippen molar-refractivity contribution in [1.82, 2.24) is 0 Å². The minimum atomic E-state index is -0.896. The summed E-state index contributed by atoms with van der Waals surface area (Å²) in [4.78, 5) is 27.0. The van der Waals surface area contributed by atoms with Crippen LogP contribution in [0.4, 0.5) is 5.69 Å². The molecule has 2 aromatic carbocycles. The second-order valence-electron chi connectivity index (χ2n) is 7.44. The molecule has 3 N–H and O–H groups in total. The summed E-state index contributed by atoms with van der Waals surface area (Å²) in [7, 11) is 0. The second-order valence-corrected chi connectivity index (χ2v) is 7.44. The minimum absolute atomic E-state index is 0.00490. The van der Waals surface area contributed by atoms with E-state index in [9.17, 15) is 24.9 Å². The first-order chi connectivity index (χ1) is 13.2. The van der Waals surface area contributed by atoms with Crippen LogP contribution in [0.25, 0.3) is 0 Å². The van der Waals surface area contributed by atoms with Crippen LogP contribution < -0.4 is 4.90 Å². The Balaban J connectivity index is 2.19. The molecule has 3 rings (SSSR count). The first kappa shape index (κ1) is 19.5. The van der Waals surface area contributed by atoms with Crippen LogP contribution >= 0.6 is 0 Å². The third-order valence-corrected chi connectivity index (χ3v) is 4.70. The van der Waals surface area contributed by atoms with Gasteiger partial charge in [0.15, 0.2) is 11.5 Å². The summed E-state index contributed by atoms with van der Waals surface area (Å²) in [6.07, 6.45) is 0.175. The standard InChI is InChI=1S/C22H23NO5/c1-12(2)10-18(26)19-20(14-5-7-15(24)8-6-14)23(22(28)21(19)27)16-11-13(3)4-9-17(16)25/h4-9,11-12,20,24-25,27H,10H2,1-3H3. The predicted octanol–water partition coefficient (Wildman–Crippen LogP) is 3.92. The third kappa shape index (κ3) is 3.45. The van der Waals surface area contributed by atoms with Crippen molar-refractivity contribution in [2.45, 2.75) is 33.2 Å². The SMILES string of the molecule is Cc1ccc(O)c(N2C(=O)C(O)=C(C(=O)CC(C)C)C2c2ccc(O)cc2)c1. The van der Waals surface area contributed by atoms with Crippen LogP contribution in [-0.4, -0.2) is 27.0 Å². The van der Waals surface area contributed by atoms with Crippen molar-refractivity contribution in [2.24, 2.45) is 5.92 Å². The van der Waals surface area contributed by atoms with Gasteiger partial charge in [-0.15, -0.1) is 0 Å². The smallest absolute Gasteiger partial charge is 0.294 e. The normalized spacial score (nSPS) is 16.9. The van der Waals surface area contributed by atoms with E-state index >= 15 is 0 Å². The van der Waals surface area contributed by atoms with Gasteiger partial charge in [-0.05, 0) is 48.2 Å². The van der Waals surface area contributed by atoms with Gasteiger partial charge in [-0.25, -0.2) is 0 Å². The van der Waals surface area contributed by atoms with E-state index in [4.69, 9.17) is 0 Å². The molecular formula is C22H23NO5. The molecule has 1 unspecified atom stereocenters. The average Bonchev–Trinajstić information content (AvgIpc) is 2.89. The van der Waals surface area contributed by atoms with E-state index in [1.807, 2.05) is 20.8 Å². The Morgan fingerprint density at radius 3 is 2.32 bits per heavy atom. The number of carbonyl (C=O) groups excluding carboxylic acids is 2. The maximum atomic E-state index is 12.9. The van der Waals surface area contributed by atoms with E-state index in [-0.39, 0.29) is 40.9 Å². The highest BCUT2D eigenvalue weighted by Gasteiger charge is 2.45. The Hall–Kier alpha value is -3.28. The number of carbonyl (C=O) groups is 2. The van der Waals surface area contributed by atoms with Gasteiger partial charge in [0.2, 0.25) is 0 Å². The van der Waals surface area contributed by atoms with Gasteiger partial charge in [0.05, 0.1) is 17.3 Å². The molecule has 1 aliphatic heterocycles. The lowest BCUT2D eigenvalue weighted by molar-refractivity contribution is -0.118. The summed E-state index contributed by atoms with van der Waals surface area (Å²) in [5.41, 5.74) is 1.57. The number of phenols is 2. The van der Waals surface area contributed by atoms with Gasteiger partial charge in [0, 0.05) is 6.42 Å². The maximum absolute atomic E-state index is 12.9. The lowest BCUT2D eigenvalue weighted by Gasteiger charge is -2.28. The molecule has 146 valence electrons. The Morgan fingerprint density at radius 2 is 1.71 bits per heavy atom. The predicted molar refractivity (Wildman–Crippen MR) is 105 cm³/mol. The van der Waals surface area contributed by atoms with Crippen LogP contribution in [0.1, 0.15) is 37.4 Å². The van der Waals surface area contributed by atoms with Crippen LogP contribution in [0.5, 0.6) is 11.5 Å². The highest BCUT2D eigenvalue weighted by atomic mass is 16.3. The molecule has 1 heterocycles. The van der Waals surface area contributed by atoms with E-state index in [1.165, 1.54) is 23.1 Å². The molecule has 0 saturated carbocycles. The molecule has 1 atom stereocenters. The van der Waals surface area contributed by atoms with Gasteiger partial charge >= 0.3 is 0 Å². The second kappa shape index (κ2) is 7.38. The van der Waals surface area contributed by atoms with Gasteiger partial charge in [-0.3, -0.25) is 14.5 Å². The molecule has 0 bridgehead atoms. The molecule has 6 nitrogen and oxygen atoms in total. The fourth-order valence-corrected chi connectivity index (χ4v) is 3.42. The first-order valence-electron chi connectivity index (χ1n) is 9.09. The molecule has 2 aromatic rings. The van der Waals surface area contributed by atoms with E-state index < -0.39 is 17.7 Å². The molecular weight excluding hydrogens is 358 g/mol. The number of ketones is 1. The maximum Gasteiger partial charge on any atom is 0.294 e. The van der Waals surface area contributed by atoms with Gasteiger partial charge in [0.1, 0.15) is 11.5 Å². The Kier molecular flexibility index (Phi) is 5.14. The van der Waals surface area contributed by atoms with E-state index in [1.54, 1.807) is 24.3 Å². The van der Waals surface area contributed by atoms with E-state index in [0.717, 1.165) is 5.56 Å². The quantitative estimate of drug-likeness (QED) is 0.729. The number of aliphatic hydroxyl groups excluding tert-OH is 1. The summed E-state index contributed by atoms with van der Waals surface area (Å²) < 4.78 is 0. The zero-order valence-corrected chi connectivity index (χ0v) is 16.0. The molecule has 0 radical (unpaired) electrons. The minimum Gasteiger partial charge on any atom is -0.508 e. The number of Topliss-reactive ketones (excluding diaryl/α,β-unsaturated/α-hetero) is 1. The largest absolute Gasteiger partial charge is 0.508 e. The van der Waals surface area contributed by atoms with Gasteiger partial charge in [0.25, 0.3) is 5.91 Å². The number of aromatic hydroxyl groups is 2. The monoisotopic (exact) mass is 381 g/mol. The fourth-order valence-electron chi connectivity index (χ4n) is 3.42. The van der Waals surface area contributed by atoms with Crippen molar-refractivity contribution in [1.29, 1.82) is 0 Å².